The summed E-state index contributed by atoms with van der Waals surface area (Å²) in [5.41, 5.74) is 7.44. The molecule has 2 aromatic carbocycles. The molecule has 0 aromatic heterocycles. The minimum atomic E-state index is -0.435. The molecule has 0 fully saturated rings. The van der Waals surface area contributed by atoms with Gasteiger partial charge in [-0.15, -0.1) is 0 Å². The van der Waals surface area contributed by atoms with E-state index in [0.717, 1.165) is 15.7 Å². The molecule has 1 unspecified atom stereocenters. The van der Waals surface area contributed by atoms with Gasteiger partial charge in [-0.1, -0.05) is 33.6 Å². The molecule has 2 rings (SSSR count). The van der Waals surface area contributed by atoms with E-state index in [1.807, 2.05) is 24.3 Å². The Kier molecular flexibility index (Phi) is 4.80. The Hall–Kier alpha value is -1.10. The van der Waals surface area contributed by atoms with Crippen molar-refractivity contribution in [2.24, 2.45) is 5.73 Å². The molecule has 100 valence electrons. The van der Waals surface area contributed by atoms with E-state index in [0.29, 0.717) is 6.54 Å². The standard InChI is InChI=1S/C14H13BrClFN2/c15-10-2-4-11(5-3-10)19-14(8-18)9-1-6-12(16)13(17)7-9/h1-7,14,19H,8,18H2. The van der Waals surface area contributed by atoms with Gasteiger partial charge in [-0.25, -0.2) is 4.39 Å². The zero-order valence-electron chi connectivity index (χ0n) is 10.0. The molecule has 0 spiro atoms. The van der Waals surface area contributed by atoms with Gasteiger partial charge in [0.05, 0.1) is 11.1 Å². The van der Waals surface area contributed by atoms with Crippen LogP contribution in [0.2, 0.25) is 5.02 Å². The second-order valence-corrected chi connectivity index (χ2v) is 5.44. The third-order valence-corrected chi connectivity index (χ3v) is 3.60. The number of benzene rings is 2. The van der Waals surface area contributed by atoms with E-state index < -0.39 is 5.82 Å². The van der Waals surface area contributed by atoms with E-state index in [1.165, 1.54) is 12.1 Å². The van der Waals surface area contributed by atoms with Gasteiger partial charge in [-0.05, 0) is 42.0 Å². The summed E-state index contributed by atoms with van der Waals surface area (Å²) in [6, 6.07) is 12.3. The van der Waals surface area contributed by atoms with Gasteiger partial charge in [-0.2, -0.15) is 0 Å². The van der Waals surface area contributed by atoms with Crippen LogP contribution >= 0.6 is 27.5 Å². The summed E-state index contributed by atoms with van der Waals surface area (Å²) >= 11 is 9.05. The molecule has 0 bridgehead atoms. The summed E-state index contributed by atoms with van der Waals surface area (Å²) in [5, 5.41) is 3.38. The Morgan fingerprint density at radius 2 is 1.89 bits per heavy atom. The molecule has 0 aliphatic carbocycles. The lowest BCUT2D eigenvalue weighted by Crippen LogP contribution is -2.20. The number of hydrogen-bond acceptors (Lipinski definition) is 2. The van der Waals surface area contributed by atoms with Gasteiger partial charge < -0.3 is 11.1 Å². The monoisotopic (exact) mass is 342 g/mol. The minimum Gasteiger partial charge on any atom is -0.377 e. The number of hydrogen-bond donors (Lipinski definition) is 2. The molecule has 2 nitrogen and oxygen atoms in total. The van der Waals surface area contributed by atoms with Gasteiger partial charge in [0.15, 0.2) is 0 Å². The first-order valence-electron chi connectivity index (χ1n) is 5.77. The Bertz CT molecular complexity index is 560. The number of anilines is 1. The number of nitrogens with one attached hydrogen (secondary N) is 1. The molecule has 5 heteroatoms. The number of halogens is 3. The maximum Gasteiger partial charge on any atom is 0.142 e. The molecular formula is C14H13BrClFN2. The van der Waals surface area contributed by atoms with Crippen LogP contribution in [0.3, 0.4) is 0 Å². The molecular weight excluding hydrogens is 331 g/mol. The molecule has 0 amide bonds. The molecule has 19 heavy (non-hydrogen) atoms. The van der Waals surface area contributed by atoms with Crippen LogP contribution in [-0.4, -0.2) is 6.54 Å². The largest absolute Gasteiger partial charge is 0.377 e. The quantitative estimate of drug-likeness (QED) is 0.866. The smallest absolute Gasteiger partial charge is 0.142 e. The Morgan fingerprint density at radius 1 is 1.21 bits per heavy atom. The fourth-order valence-corrected chi connectivity index (χ4v) is 2.14. The lowest BCUT2D eigenvalue weighted by atomic mass is 10.1. The molecule has 3 N–H and O–H groups in total. The Morgan fingerprint density at radius 3 is 2.47 bits per heavy atom. The summed E-state index contributed by atoms with van der Waals surface area (Å²) in [6.07, 6.45) is 0. The first-order valence-corrected chi connectivity index (χ1v) is 6.94. The topological polar surface area (TPSA) is 38.0 Å². The molecule has 1 atom stereocenters. The van der Waals surface area contributed by atoms with Crippen LogP contribution in [0, 0.1) is 5.82 Å². The van der Waals surface area contributed by atoms with Gasteiger partial charge >= 0.3 is 0 Å². The van der Waals surface area contributed by atoms with E-state index in [1.54, 1.807) is 6.07 Å². The van der Waals surface area contributed by atoms with Crippen molar-refractivity contribution in [2.45, 2.75) is 6.04 Å². The normalized spacial score (nSPS) is 12.2. The average molecular weight is 344 g/mol. The van der Waals surface area contributed by atoms with Crippen molar-refractivity contribution in [3.05, 3.63) is 63.3 Å². The van der Waals surface area contributed by atoms with Crippen molar-refractivity contribution in [3.63, 3.8) is 0 Å². The molecule has 0 aliphatic heterocycles. The van der Waals surface area contributed by atoms with E-state index in [-0.39, 0.29) is 11.1 Å². The molecule has 0 heterocycles. The van der Waals surface area contributed by atoms with Gasteiger partial charge in [-0.3, -0.25) is 0 Å². The van der Waals surface area contributed by atoms with Crippen LogP contribution in [0.15, 0.2) is 46.9 Å². The highest BCUT2D eigenvalue weighted by Crippen LogP contribution is 2.23. The molecule has 0 radical (unpaired) electrons. The van der Waals surface area contributed by atoms with Crippen molar-refractivity contribution >= 4 is 33.2 Å². The van der Waals surface area contributed by atoms with Crippen molar-refractivity contribution in [1.29, 1.82) is 0 Å². The zero-order valence-corrected chi connectivity index (χ0v) is 12.4. The SMILES string of the molecule is NCC(Nc1ccc(Br)cc1)c1ccc(Cl)c(F)c1. The van der Waals surface area contributed by atoms with Crippen LogP contribution in [-0.2, 0) is 0 Å². The van der Waals surface area contributed by atoms with Crippen LogP contribution in [0.25, 0.3) is 0 Å². The predicted molar refractivity (Wildman–Crippen MR) is 81.0 cm³/mol. The van der Waals surface area contributed by atoms with Crippen molar-refractivity contribution in [3.8, 4) is 0 Å². The Balaban J connectivity index is 2.19. The van der Waals surface area contributed by atoms with Gasteiger partial charge in [0.25, 0.3) is 0 Å². The highest BCUT2D eigenvalue weighted by atomic mass is 79.9. The minimum absolute atomic E-state index is 0.114. The number of rotatable bonds is 4. The van der Waals surface area contributed by atoms with Crippen molar-refractivity contribution < 1.29 is 4.39 Å². The fraction of sp³-hybridized carbons (Fsp3) is 0.143. The van der Waals surface area contributed by atoms with Crippen LogP contribution in [0.4, 0.5) is 10.1 Å². The third kappa shape index (κ3) is 3.69. The van der Waals surface area contributed by atoms with E-state index >= 15 is 0 Å². The highest BCUT2D eigenvalue weighted by molar-refractivity contribution is 9.10. The maximum atomic E-state index is 13.5. The molecule has 2 aromatic rings. The lowest BCUT2D eigenvalue weighted by Gasteiger charge is -2.19. The van der Waals surface area contributed by atoms with Crippen molar-refractivity contribution in [1.82, 2.24) is 0 Å². The average Bonchev–Trinajstić information content (AvgIpc) is 2.41. The maximum absolute atomic E-state index is 13.5. The van der Waals surface area contributed by atoms with Crippen LogP contribution < -0.4 is 11.1 Å². The molecule has 0 saturated heterocycles. The Labute approximate surface area is 124 Å². The summed E-state index contributed by atoms with van der Waals surface area (Å²) in [6.45, 7) is 0.358. The fourth-order valence-electron chi connectivity index (χ4n) is 1.75. The molecule has 0 saturated carbocycles. The van der Waals surface area contributed by atoms with Crippen molar-refractivity contribution in [2.75, 3.05) is 11.9 Å². The third-order valence-electron chi connectivity index (χ3n) is 2.77. The van der Waals surface area contributed by atoms with Crippen LogP contribution in [0.1, 0.15) is 11.6 Å². The predicted octanol–water partition coefficient (Wildman–Crippen LogP) is 4.35. The highest BCUT2D eigenvalue weighted by Gasteiger charge is 2.11. The van der Waals surface area contributed by atoms with Crippen LogP contribution in [0.5, 0.6) is 0 Å². The van der Waals surface area contributed by atoms with Gasteiger partial charge in [0.1, 0.15) is 5.82 Å². The first kappa shape index (κ1) is 14.3. The summed E-state index contributed by atoms with van der Waals surface area (Å²) in [5.74, 6) is -0.435. The summed E-state index contributed by atoms with van der Waals surface area (Å²) < 4.78 is 14.5. The second kappa shape index (κ2) is 6.37. The second-order valence-electron chi connectivity index (χ2n) is 4.11. The molecule has 0 aliphatic rings. The number of nitrogens with two attached hydrogens (primary N) is 1. The first-order chi connectivity index (χ1) is 9.10. The van der Waals surface area contributed by atoms with E-state index in [2.05, 4.69) is 21.2 Å². The zero-order chi connectivity index (χ0) is 13.8. The summed E-state index contributed by atoms with van der Waals surface area (Å²) in [4.78, 5) is 0. The van der Waals surface area contributed by atoms with Gasteiger partial charge in [0, 0.05) is 16.7 Å². The summed E-state index contributed by atoms with van der Waals surface area (Å²) in [7, 11) is 0. The lowest BCUT2D eigenvalue weighted by molar-refractivity contribution is 0.623. The van der Waals surface area contributed by atoms with Gasteiger partial charge in [0.2, 0.25) is 0 Å². The van der Waals surface area contributed by atoms with E-state index in [4.69, 9.17) is 17.3 Å². The van der Waals surface area contributed by atoms with E-state index in [9.17, 15) is 4.39 Å².